The summed E-state index contributed by atoms with van der Waals surface area (Å²) in [7, 11) is 0. The molecule has 82 valence electrons. The second-order valence-electron chi connectivity index (χ2n) is 4.22. The van der Waals surface area contributed by atoms with Crippen LogP contribution in [0.15, 0.2) is 18.2 Å². The van der Waals surface area contributed by atoms with Crippen LogP contribution in [0.25, 0.3) is 0 Å². The van der Waals surface area contributed by atoms with Crippen molar-refractivity contribution in [3.05, 3.63) is 34.6 Å². The van der Waals surface area contributed by atoms with E-state index >= 15 is 0 Å². The second kappa shape index (κ2) is 4.11. The molecule has 0 spiro atoms. The molecule has 0 bridgehead atoms. The average Bonchev–Trinajstić information content (AvgIpc) is 2.23. The minimum Gasteiger partial charge on any atom is -0.385 e. The van der Waals surface area contributed by atoms with Gasteiger partial charge in [-0.25, -0.2) is 4.39 Å². The molecule has 0 saturated heterocycles. The third-order valence-electron chi connectivity index (χ3n) is 3.14. The summed E-state index contributed by atoms with van der Waals surface area (Å²) in [6, 6.07) is 4.50. The van der Waals surface area contributed by atoms with Gasteiger partial charge in [-0.3, -0.25) is 0 Å². The van der Waals surface area contributed by atoms with E-state index in [1.807, 2.05) is 0 Å². The van der Waals surface area contributed by atoms with E-state index in [9.17, 15) is 9.50 Å². The zero-order valence-corrected chi connectivity index (χ0v) is 9.23. The van der Waals surface area contributed by atoms with E-state index in [1.54, 1.807) is 12.1 Å². The molecular weight excluding hydrogens is 215 g/mol. The highest BCUT2D eigenvalue weighted by Crippen LogP contribution is 2.37. The van der Waals surface area contributed by atoms with Crippen molar-refractivity contribution in [2.75, 3.05) is 0 Å². The Morgan fingerprint density at radius 3 is 2.47 bits per heavy atom. The van der Waals surface area contributed by atoms with Gasteiger partial charge in [0, 0.05) is 0 Å². The van der Waals surface area contributed by atoms with Crippen molar-refractivity contribution in [1.82, 2.24) is 0 Å². The number of halogens is 2. The number of rotatable bonds is 1. The molecule has 1 aliphatic carbocycles. The summed E-state index contributed by atoms with van der Waals surface area (Å²) >= 11 is 5.71. The van der Waals surface area contributed by atoms with Crippen molar-refractivity contribution >= 4 is 11.6 Å². The van der Waals surface area contributed by atoms with Crippen LogP contribution in [-0.4, -0.2) is 5.11 Å². The fourth-order valence-corrected chi connectivity index (χ4v) is 2.39. The third-order valence-corrected chi connectivity index (χ3v) is 3.43. The SMILES string of the molecule is OC1(c2ccc(F)c(Cl)c2)CCCCC1. The smallest absolute Gasteiger partial charge is 0.141 e. The maximum Gasteiger partial charge on any atom is 0.141 e. The fraction of sp³-hybridized carbons (Fsp3) is 0.500. The van der Waals surface area contributed by atoms with E-state index < -0.39 is 11.4 Å². The molecule has 0 aliphatic heterocycles. The maximum atomic E-state index is 13.0. The highest BCUT2D eigenvalue weighted by molar-refractivity contribution is 6.30. The summed E-state index contributed by atoms with van der Waals surface area (Å²) in [4.78, 5) is 0. The molecule has 0 radical (unpaired) electrons. The van der Waals surface area contributed by atoms with Gasteiger partial charge in [-0.05, 0) is 30.5 Å². The monoisotopic (exact) mass is 228 g/mol. The lowest BCUT2D eigenvalue weighted by Crippen LogP contribution is -2.28. The Hall–Kier alpha value is -0.600. The predicted molar refractivity (Wildman–Crippen MR) is 58.4 cm³/mol. The van der Waals surface area contributed by atoms with Crippen LogP contribution in [0.5, 0.6) is 0 Å². The number of hydrogen-bond acceptors (Lipinski definition) is 1. The maximum absolute atomic E-state index is 13.0. The van der Waals surface area contributed by atoms with E-state index in [4.69, 9.17) is 11.6 Å². The molecule has 1 aromatic rings. The Balaban J connectivity index is 2.31. The molecular formula is C12H14ClFO. The van der Waals surface area contributed by atoms with Gasteiger partial charge in [0.05, 0.1) is 10.6 Å². The Kier molecular flexibility index (Phi) is 2.98. The minimum atomic E-state index is -0.796. The Morgan fingerprint density at radius 2 is 1.87 bits per heavy atom. The first-order chi connectivity index (χ1) is 7.12. The molecule has 0 heterocycles. The highest BCUT2D eigenvalue weighted by atomic mass is 35.5. The van der Waals surface area contributed by atoms with E-state index in [1.165, 1.54) is 6.07 Å². The zero-order valence-electron chi connectivity index (χ0n) is 8.47. The van der Waals surface area contributed by atoms with E-state index in [0.717, 1.165) is 37.7 Å². The lowest BCUT2D eigenvalue weighted by atomic mass is 9.80. The van der Waals surface area contributed by atoms with Crippen LogP contribution < -0.4 is 0 Å². The summed E-state index contributed by atoms with van der Waals surface area (Å²) in [5.74, 6) is -0.431. The summed E-state index contributed by atoms with van der Waals surface area (Å²) in [6.45, 7) is 0. The summed E-state index contributed by atoms with van der Waals surface area (Å²) in [5, 5.41) is 10.5. The largest absolute Gasteiger partial charge is 0.385 e. The summed E-state index contributed by atoms with van der Waals surface area (Å²) < 4.78 is 13.0. The predicted octanol–water partition coefficient (Wildman–Crippen LogP) is 3.63. The lowest BCUT2D eigenvalue weighted by molar-refractivity contribution is -0.000668. The minimum absolute atomic E-state index is 0.0894. The summed E-state index contributed by atoms with van der Waals surface area (Å²) in [5.41, 5.74) is -0.0520. The number of hydrogen-bond donors (Lipinski definition) is 1. The Labute approximate surface area is 93.9 Å². The molecule has 0 aromatic heterocycles. The number of benzene rings is 1. The molecule has 1 saturated carbocycles. The molecule has 1 aromatic carbocycles. The van der Waals surface area contributed by atoms with Crippen LogP contribution in [0.2, 0.25) is 5.02 Å². The van der Waals surface area contributed by atoms with Crippen molar-refractivity contribution in [2.24, 2.45) is 0 Å². The molecule has 2 rings (SSSR count). The third kappa shape index (κ3) is 2.16. The van der Waals surface area contributed by atoms with Crippen LogP contribution in [0, 0.1) is 5.82 Å². The van der Waals surface area contributed by atoms with Crippen LogP contribution in [0.3, 0.4) is 0 Å². The highest BCUT2D eigenvalue weighted by Gasteiger charge is 2.31. The standard InChI is InChI=1S/C12H14ClFO/c13-10-8-9(4-5-11(10)14)12(15)6-2-1-3-7-12/h4-5,8,15H,1-3,6-7H2. The van der Waals surface area contributed by atoms with Gasteiger partial charge in [0.1, 0.15) is 5.82 Å². The molecule has 1 nitrogen and oxygen atoms in total. The van der Waals surface area contributed by atoms with E-state index in [0.29, 0.717) is 0 Å². The van der Waals surface area contributed by atoms with Crippen molar-refractivity contribution in [3.63, 3.8) is 0 Å². The number of aliphatic hydroxyl groups is 1. The molecule has 0 atom stereocenters. The molecule has 3 heteroatoms. The van der Waals surface area contributed by atoms with Crippen molar-refractivity contribution < 1.29 is 9.50 Å². The normalized spacial score (nSPS) is 20.2. The topological polar surface area (TPSA) is 20.2 Å². The second-order valence-corrected chi connectivity index (χ2v) is 4.63. The first-order valence-corrected chi connectivity index (χ1v) is 5.67. The molecule has 1 N–H and O–H groups in total. The summed E-state index contributed by atoms with van der Waals surface area (Å²) in [6.07, 6.45) is 4.69. The van der Waals surface area contributed by atoms with Crippen LogP contribution in [0.4, 0.5) is 4.39 Å². The molecule has 1 aliphatic rings. The molecule has 0 amide bonds. The molecule has 0 unspecified atom stereocenters. The van der Waals surface area contributed by atoms with Gasteiger partial charge in [-0.15, -0.1) is 0 Å². The van der Waals surface area contributed by atoms with Gasteiger partial charge in [0.2, 0.25) is 0 Å². The van der Waals surface area contributed by atoms with Crippen molar-refractivity contribution in [1.29, 1.82) is 0 Å². The van der Waals surface area contributed by atoms with Gasteiger partial charge in [-0.1, -0.05) is 36.9 Å². The Bertz CT molecular complexity index is 359. The molecule has 1 fully saturated rings. The van der Waals surface area contributed by atoms with Gasteiger partial charge in [0.15, 0.2) is 0 Å². The fourth-order valence-electron chi connectivity index (χ4n) is 2.21. The van der Waals surface area contributed by atoms with Crippen molar-refractivity contribution in [2.45, 2.75) is 37.7 Å². The molecule has 15 heavy (non-hydrogen) atoms. The zero-order chi connectivity index (χ0) is 10.9. The van der Waals surface area contributed by atoms with Crippen LogP contribution in [0.1, 0.15) is 37.7 Å². The lowest BCUT2D eigenvalue weighted by Gasteiger charge is -2.32. The van der Waals surface area contributed by atoms with Gasteiger partial charge < -0.3 is 5.11 Å². The van der Waals surface area contributed by atoms with E-state index in [2.05, 4.69) is 0 Å². The van der Waals surface area contributed by atoms with Crippen LogP contribution >= 0.6 is 11.6 Å². The van der Waals surface area contributed by atoms with Crippen LogP contribution in [-0.2, 0) is 5.60 Å². The Morgan fingerprint density at radius 1 is 1.20 bits per heavy atom. The first-order valence-electron chi connectivity index (χ1n) is 5.30. The van der Waals surface area contributed by atoms with Gasteiger partial charge in [-0.2, -0.15) is 0 Å². The first kappa shape index (κ1) is 10.9. The van der Waals surface area contributed by atoms with E-state index in [-0.39, 0.29) is 5.02 Å². The van der Waals surface area contributed by atoms with Gasteiger partial charge >= 0.3 is 0 Å². The van der Waals surface area contributed by atoms with Gasteiger partial charge in [0.25, 0.3) is 0 Å². The quantitative estimate of drug-likeness (QED) is 0.778. The average molecular weight is 229 g/mol. The van der Waals surface area contributed by atoms with Crippen molar-refractivity contribution in [3.8, 4) is 0 Å².